The Bertz CT molecular complexity index is 587. The lowest BCUT2D eigenvalue weighted by Gasteiger charge is -2.16. The second-order valence-corrected chi connectivity index (χ2v) is 5.82. The van der Waals surface area contributed by atoms with E-state index in [0.29, 0.717) is 11.8 Å². The van der Waals surface area contributed by atoms with Crippen LogP contribution in [0.25, 0.3) is 0 Å². The van der Waals surface area contributed by atoms with Crippen molar-refractivity contribution in [2.45, 2.75) is 45.4 Å². The maximum atomic E-state index is 5.87. The Balaban J connectivity index is 1.77. The van der Waals surface area contributed by atoms with E-state index in [1.54, 1.807) is 0 Å². The molecule has 0 atom stereocenters. The van der Waals surface area contributed by atoms with Gasteiger partial charge in [0, 0.05) is 12.3 Å². The largest absolute Gasteiger partial charge is 0.439 e. The van der Waals surface area contributed by atoms with Crippen LogP contribution in [0.1, 0.15) is 49.3 Å². The molecule has 2 heteroatoms. The standard InChI is InChI=1S/C18H21NO/c1-13(2)16-8-10-18(19-12-16)20-17-9-7-14-5-3-4-6-15(14)11-17/h7-13H,3-6H2,1-2H3. The second kappa shape index (κ2) is 5.66. The maximum Gasteiger partial charge on any atom is 0.219 e. The Morgan fingerprint density at radius 2 is 1.80 bits per heavy atom. The van der Waals surface area contributed by atoms with Gasteiger partial charge in [-0.25, -0.2) is 4.98 Å². The molecule has 0 saturated heterocycles. The molecular formula is C18H21NO. The lowest BCUT2D eigenvalue weighted by atomic mass is 9.92. The first kappa shape index (κ1) is 13.2. The minimum Gasteiger partial charge on any atom is -0.439 e. The van der Waals surface area contributed by atoms with Crippen molar-refractivity contribution in [1.82, 2.24) is 4.98 Å². The number of aromatic nitrogens is 1. The van der Waals surface area contributed by atoms with Crippen LogP contribution >= 0.6 is 0 Å². The highest BCUT2D eigenvalue weighted by molar-refractivity contribution is 5.38. The van der Waals surface area contributed by atoms with Gasteiger partial charge in [0.05, 0.1) is 0 Å². The average molecular weight is 267 g/mol. The van der Waals surface area contributed by atoms with E-state index in [9.17, 15) is 0 Å². The molecule has 0 N–H and O–H groups in total. The van der Waals surface area contributed by atoms with Gasteiger partial charge in [-0.3, -0.25) is 0 Å². The first-order valence-corrected chi connectivity index (χ1v) is 7.48. The number of fused-ring (bicyclic) bond motifs is 1. The predicted molar refractivity (Wildman–Crippen MR) is 81.5 cm³/mol. The Labute approximate surface area is 120 Å². The molecule has 0 bridgehead atoms. The Morgan fingerprint density at radius 1 is 1.00 bits per heavy atom. The summed E-state index contributed by atoms with van der Waals surface area (Å²) in [4.78, 5) is 4.39. The summed E-state index contributed by atoms with van der Waals surface area (Å²) >= 11 is 0. The molecule has 1 aromatic carbocycles. The first-order chi connectivity index (χ1) is 9.72. The smallest absolute Gasteiger partial charge is 0.219 e. The van der Waals surface area contributed by atoms with Crippen molar-refractivity contribution in [3.63, 3.8) is 0 Å². The van der Waals surface area contributed by atoms with E-state index in [1.165, 1.54) is 42.4 Å². The summed E-state index contributed by atoms with van der Waals surface area (Å²) in [7, 11) is 0. The van der Waals surface area contributed by atoms with E-state index >= 15 is 0 Å². The number of hydrogen-bond donors (Lipinski definition) is 0. The normalized spacial score (nSPS) is 14.2. The molecule has 104 valence electrons. The number of ether oxygens (including phenoxy) is 1. The van der Waals surface area contributed by atoms with Crippen LogP contribution in [0.5, 0.6) is 11.6 Å². The topological polar surface area (TPSA) is 22.1 Å². The summed E-state index contributed by atoms with van der Waals surface area (Å²) in [6.45, 7) is 4.34. The lowest BCUT2D eigenvalue weighted by Crippen LogP contribution is -2.02. The van der Waals surface area contributed by atoms with Crippen molar-refractivity contribution in [3.05, 3.63) is 53.2 Å². The molecule has 0 unspecified atom stereocenters. The van der Waals surface area contributed by atoms with Crippen molar-refractivity contribution in [2.24, 2.45) is 0 Å². The van der Waals surface area contributed by atoms with Crippen LogP contribution in [0.15, 0.2) is 36.5 Å². The molecule has 0 saturated carbocycles. The first-order valence-electron chi connectivity index (χ1n) is 7.48. The summed E-state index contributed by atoms with van der Waals surface area (Å²) in [5.41, 5.74) is 4.15. The summed E-state index contributed by atoms with van der Waals surface area (Å²) < 4.78 is 5.87. The Hall–Kier alpha value is -1.83. The summed E-state index contributed by atoms with van der Waals surface area (Å²) in [6, 6.07) is 10.5. The zero-order chi connectivity index (χ0) is 13.9. The third-order valence-electron chi connectivity index (χ3n) is 3.97. The van der Waals surface area contributed by atoms with Gasteiger partial charge in [0.1, 0.15) is 5.75 Å². The van der Waals surface area contributed by atoms with Crippen LogP contribution < -0.4 is 4.74 Å². The van der Waals surface area contributed by atoms with Gasteiger partial charge < -0.3 is 4.74 Å². The van der Waals surface area contributed by atoms with Crippen molar-refractivity contribution in [3.8, 4) is 11.6 Å². The monoisotopic (exact) mass is 267 g/mol. The van der Waals surface area contributed by atoms with Gasteiger partial charge in [-0.1, -0.05) is 26.0 Å². The molecule has 2 nitrogen and oxygen atoms in total. The van der Waals surface area contributed by atoms with Gasteiger partial charge in [-0.05, 0) is 60.4 Å². The van der Waals surface area contributed by atoms with Gasteiger partial charge in [0.15, 0.2) is 0 Å². The van der Waals surface area contributed by atoms with Gasteiger partial charge >= 0.3 is 0 Å². The van der Waals surface area contributed by atoms with Gasteiger partial charge in [0.25, 0.3) is 0 Å². The van der Waals surface area contributed by atoms with Crippen LogP contribution in [0.4, 0.5) is 0 Å². The van der Waals surface area contributed by atoms with E-state index in [0.717, 1.165) is 5.75 Å². The molecule has 0 radical (unpaired) electrons. The van der Waals surface area contributed by atoms with E-state index in [4.69, 9.17) is 4.74 Å². The quantitative estimate of drug-likeness (QED) is 0.791. The fraction of sp³-hybridized carbons (Fsp3) is 0.389. The lowest BCUT2D eigenvalue weighted by molar-refractivity contribution is 0.460. The number of aryl methyl sites for hydroxylation is 2. The van der Waals surface area contributed by atoms with Crippen LogP contribution in [-0.4, -0.2) is 4.98 Å². The number of rotatable bonds is 3. The van der Waals surface area contributed by atoms with Crippen LogP contribution in [0.3, 0.4) is 0 Å². The minimum absolute atomic E-state index is 0.500. The highest BCUT2D eigenvalue weighted by Gasteiger charge is 2.10. The van der Waals surface area contributed by atoms with Gasteiger partial charge in [-0.2, -0.15) is 0 Å². The van der Waals surface area contributed by atoms with Gasteiger partial charge in [0.2, 0.25) is 5.88 Å². The molecule has 1 aromatic heterocycles. The second-order valence-electron chi connectivity index (χ2n) is 5.82. The summed E-state index contributed by atoms with van der Waals surface area (Å²) in [6.07, 6.45) is 6.88. The highest BCUT2D eigenvalue weighted by atomic mass is 16.5. The minimum atomic E-state index is 0.500. The van der Waals surface area contributed by atoms with Crippen LogP contribution in [-0.2, 0) is 12.8 Å². The average Bonchev–Trinajstić information content (AvgIpc) is 2.48. The molecule has 0 aliphatic heterocycles. The van der Waals surface area contributed by atoms with Crippen molar-refractivity contribution in [2.75, 3.05) is 0 Å². The molecule has 1 aliphatic carbocycles. The van der Waals surface area contributed by atoms with Crippen LogP contribution in [0, 0.1) is 0 Å². The number of pyridine rings is 1. The molecule has 20 heavy (non-hydrogen) atoms. The fourth-order valence-electron chi connectivity index (χ4n) is 2.69. The number of hydrogen-bond acceptors (Lipinski definition) is 2. The van der Waals surface area contributed by atoms with E-state index in [-0.39, 0.29) is 0 Å². The molecule has 3 rings (SSSR count). The predicted octanol–water partition coefficient (Wildman–Crippen LogP) is 4.88. The Morgan fingerprint density at radius 3 is 2.50 bits per heavy atom. The highest BCUT2D eigenvalue weighted by Crippen LogP contribution is 2.28. The summed E-state index contributed by atoms with van der Waals surface area (Å²) in [5, 5.41) is 0. The van der Waals surface area contributed by atoms with Crippen molar-refractivity contribution in [1.29, 1.82) is 0 Å². The third kappa shape index (κ3) is 2.84. The van der Waals surface area contributed by atoms with Crippen molar-refractivity contribution < 1.29 is 4.74 Å². The molecule has 0 fully saturated rings. The van der Waals surface area contributed by atoms with E-state index in [1.807, 2.05) is 12.3 Å². The van der Waals surface area contributed by atoms with E-state index < -0.39 is 0 Å². The van der Waals surface area contributed by atoms with Crippen molar-refractivity contribution >= 4 is 0 Å². The Kier molecular flexibility index (Phi) is 3.72. The molecule has 1 heterocycles. The molecule has 2 aromatic rings. The van der Waals surface area contributed by atoms with Crippen LogP contribution in [0.2, 0.25) is 0 Å². The molecule has 1 aliphatic rings. The van der Waals surface area contributed by atoms with E-state index in [2.05, 4.69) is 43.1 Å². The number of nitrogens with zero attached hydrogens (tertiary/aromatic N) is 1. The molecule has 0 amide bonds. The summed E-state index contributed by atoms with van der Waals surface area (Å²) in [5.74, 6) is 2.07. The SMILES string of the molecule is CC(C)c1ccc(Oc2ccc3c(c2)CCCC3)nc1. The van der Waals surface area contributed by atoms with Gasteiger partial charge in [-0.15, -0.1) is 0 Å². The molecule has 0 spiro atoms. The third-order valence-corrected chi connectivity index (χ3v) is 3.97. The fourth-order valence-corrected chi connectivity index (χ4v) is 2.69. The zero-order valence-corrected chi connectivity index (χ0v) is 12.2. The maximum absolute atomic E-state index is 5.87. The molecular weight excluding hydrogens is 246 g/mol. The zero-order valence-electron chi connectivity index (χ0n) is 12.2. The number of benzene rings is 1.